The lowest BCUT2D eigenvalue weighted by atomic mass is 10.1. The Morgan fingerprint density at radius 3 is 2.21 bits per heavy atom. The SMILES string of the molecule is CCCOc1ccc(N(CC(=O)NC(C)c2ccc(CC)cc2)S(C)(=O)=O)cc1. The molecule has 1 unspecified atom stereocenters. The van der Waals surface area contributed by atoms with Crippen LogP contribution in [0.1, 0.15) is 44.4 Å². The second-order valence-corrected chi connectivity index (χ2v) is 8.90. The van der Waals surface area contributed by atoms with Gasteiger partial charge in [0.05, 0.1) is 24.6 Å². The molecule has 0 saturated heterocycles. The molecule has 0 spiro atoms. The molecule has 7 heteroatoms. The topological polar surface area (TPSA) is 75.7 Å². The average Bonchev–Trinajstić information content (AvgIpc) is 2.70. The summed E-state index contributed by atoms with van der Waals surface area (Å²) in [4.78, 5) is 12.5. The number of nitrogens with one attached hydrogen (secondary N) is 1. The normalized spacial score (nSPS) is 12.3. The highest BCUT2D eigenvalue weighted by atomic mass is 32.2. The second-order valence-electron chi connectivity index (χ2n) is 7.00. The Labute approximate surface area is 173 Å². The Morgan fingerprint density at radius 1 is 1.07 bits per heavy atom. The Morgan fingerprint density at radius 2 is 1.69 bits per heavy atom. The lowest BCUT2D eigenvalue weighted by Gasteiger charge is -2.23. The van der Waals surface area contributed by atoms with Crippen molar-refractivity contribution >= 4 is 21.6 Å². The van der Waals surface area contributed by atoms with Crippen molar-refractivity contribution in [2.24, 2.45) is 0 Å². The van der Waals surface area contributed by atoms with Crippen LogP contribution in [0.2, 0.25) is 0 Å². The number of rotatable bonds is 10. The number of hydrogen-bond donors (Lipinski definition) is 1. The van der Waals surface area contributed by atoms with Crippen molar-refractivity contribution in [1.29, 1.82) is 0 Å². The molecule has 2 rings (SSSR count). The molecule has 0 aliphatic heterocycles. The van der Waals surface area contributed by atoms with Gasteiger partial charge in [0.25, 0.3) is 0 Å². The molecule has 0 aliphatic rings. The summed E-state index contributed by atoms with van der Waals surface area (Å²) in [6.07, 6.45) is 2.93. The molecule has 0 aromatic heterocycles. The molecule has 2 aromatic rings. The van der Waals surface area contributed by atoms with E-state index in [1.807, 2.05) is 38.1 Å². The first-order chi connectivity index (χ1) is 13.7. The van der Waals surface area contributed by atoms with Crippen LogP contribution in [0.25, 0.3) is 0 Å². The molecule has 158 valence electrons. The third-order valence-corrected chi connectivity index (χ3v) is 5.69. The van der Waals surface area contributed by atoms with Crippen LogP contribution in [-0.4, -0.2) is 33.7 Å². The summed E-state index contributed by atoms with van der Waals surface area (Å²) in [7, 11) is -3.62. The van der Waals surface area contributed by atoms with Crippen LogP contribution in [0.5, 0.6) is 5.75 Å². The van der Waals surface area contributed by atoms with E-state index in [1.165, 1.54) is 5.56 Å². The number of aryl methyl sites for hydroxylation is 1. The average molecular weight is 419 g/mol. The molecule has 0 bridgehead atoms. The molecule has 1 amide bonds. The van der Waals surface area contributed by atoms with Gasteiger partial charge in [-0.05, 0) is 55.2 Å². The van der Waals surface area contributed by atoms with Gasteiger partial charge in [-0.25, -0.2) is 8.42 Å². The molecule has 0 radical (unpaired) electrons. The van der Waals surface area contributed by atoms with Crippen molar-refractivity contribution in [3.05, 3.63) is 59.7 Å². The number of sulfonamides is 1. The predicted octanol–water partition coefficient (Wildman–Crippen LogP) is 3.68. The molecule has 0 aliphatic carbocycles. The van der Waals surface area contributed by atoms with Crippen molar-refractivity contribution in [3.63, 3.8) is 0 Å². The summed E-state index contributed by atoms with van der Waals surface area (Å²) in [6.45, 7) is 6.28. The van der Waals surface area contributed by atoms with Gasteiger partial charge in [-0.3, -0.25) is 9.10 Å². The Hall–Kier alpha value is -2.54. The Bertz CT molecular complexity index is 893. The molecule has 1 N–H and O–H groups in total. The fourth-order valence-electron chi connectivity index (χ4n) is 2.87. The van der Waals surface area contributed by atoms with Crippen molar-refractivity contribution in [2.75, 3.05) is 23.7 Å². The Balaban J connectivity index is 2.08. The maximum atomic E-state index is 12.5. The highest BCUT2D eigenvalue weighted by Gasteiger charge is 2.22. The molecular weight excluding hydrogens is 388 g/mol. The fourth-order valence-corrected chi connectivity index (χ4v) is 3.73. The highest BCUT2D eigenvalue weighted by Crippen LogP contribution is 2.22. The smallest absolute Gasteiger partial charge is 0.241 e. The van der Waals surface area contributed by atoms with Crippen LogP contribution in [0, 0.1) is 0 Å². The third-order valence-electron chi connectivity index (χ3n) is 4.55. The zero-order valence-electron chi connectivity index (χ0n) is 17.5. The summed E-state index contributed by atoms with van der Waals surface area (Å²) in [5.41, 5.74) is 2.62. The number of amides is 1. The van der Waals surface area contributed by atoms with Crippen molar-refractivity contribution < 1.29 is 17.9 Å². The first kappa shape index (κ1) is 22.7. The van der Waals surface area contributed by atoms with Gasteiger partial charge in [-0.15, -0.1) is 0 Å². The van der Waals surface area contributed by atoms with Crippen molar-refractivity contribution in [2.45, 2.75) is 39.7 Å². The zero-order valence-corrected chi connectivity index (χ0v) is 18.3. The van der Waals surface area contributed by atoms with E-state index in [0.29, 0.717) is 18.0 Å². The summed E-state index contributed by atoms with van der Waals surface area (Å²) in [5.74, 6) is 0.298. The number of hydrogen-bond acceptors (Lipinski definition) is 4. The van der Waals surface area contributed by atoms with Crippen LogP contribution in [-0.2, 0) is 21.2 Å². The van der Waals surface area contributed by atoms with Crippen molar-refractivity contribution in [3.8, 4) is 5.75 Å². The van der Waals surface area contributed by atoms with E-state index in [0.717, 1.165) is 29.0 Å². The summed E-state index contributed by atoms with van der Waals surface area (Å²) < 4.78 is 31.2. The molecule has 0 heterocycles. The van der Waals surface area contributed by atoms with Crippen LogP contribution in [0.3, 0.4) is 0 Å². The maximum absolute atomic E-state index is 12.5. The minimum absolute atomic E-state index is 0.223. The van der Waals surface area contributed by atoms with Gasteiger partial charge in [-0.1, -0.05) is 38.1 Å². The number of ether oxygens (including phenoxy) is 1. The van der Waals surface area contributed by atoms with E-state index >= 15 is 0 Å². The lowest BCUT2D eigenvalue weighted by Crippen LogP contribution is -2.41. The van der Waals surface area contributed by atoms with Crippen LogP contribution in [0.4, 0.5) is 5.69 Å². The van der Waals surface area contributed by atoms with E-state index in [9.17, 15) is 13.2 Å². The fraction of sp³-hybridized carbons (Fsp3) is 0.409. The van der Waals surface area contributed by atoms with Gasteiger partial charge in [-0.2, -0.15) is 0 Å². The van der Waals surface area contributed by atoms with Gasteiger partial charge >= 0.3 is 0 Å². The highest BCUT2D eigenvalue weighted by molar-refractivity contribution is 7.92. The van der Waals surface area contributed by atoms with Crippen molar-refractivity contribution in [1.82, 2.24) is 5.32 Å². The van der Waals surface area contributed by atoms with Crippen LogP contribution < -0.4 is 14.4 Å². The van der Waals surface area contributed by atoms with Gasteiger partial charge in [0.15, 0.2) is 0 Å². The molecule has 29 heavy (non-hydrogen) atoms. The first-order valence-corrected chi connectivity index (χ1v) is 11.7. The first-order valence-electron chi connectivity index (χ1n) is 9.83. The van der Waals surface area contributed by atoms with E-state index in [1.54, 1.807) is 24.3 Å². The zero-order chi connectivity index (χ0) is 21.4. The van der Waals surface area contributed by atoms with E-state index in [4.69, 9.17) is 4.74 Å². The van der Waals surface area contributed by atoms with Crippen LogP contribution >= 0.6 is 0 Å². The van der Waals surface area contributed by atoms with Crippen LogP contribution in [0.15, 0.2) is 48.5 Å². The summed E-state index contributed by atoms with van der Waals surface area (Å²) in [6, 6.07) is 14.5. The molecule has 0 fully saturated rings. The van der Waals surface area contributed by atoms with Gasteiger partial charge in [0.2, 0.25) is 15.9 Å². The molecular formula is C22H30N2O4S. The second kappa shape index (κ2) is 10.3. The van der Waals surface area contributed by atoms with Gasteiger partial charge in [0.1, 0.15) is 12.3 Å². The molecule has 0 saturated carbocycles. The standard InChI is InChI=1S/C22H30N2O4S/c1-5-15-28-21-13-11-20(12-14-21)24(29(4,26)27)16-22(25)23-17(3)19-9-7-18(6-2)8-10-19/h7-14,17H,5-6,15-16H2,1-4H3,(H,23,25). The summed E-state index contributed by atoms with van der Waals surface area (Å²) in [5, 5.41) is 2.88. The summed E-state index contributed by atoms with van der Waals surface area (Å²) >= 11 is 0. The third kappa shape index (κ3) is 6.78. The van der Waals surface area contributed by atoms with Gasteiger partial charge in [0, 0.05) is 0 Å². The minimum Gasteiger partial charge on any atom is -0.494 e. The van der Waals surface area contributed by atoms with E-state index in [-0.39, 0.29) is 18.5 Å². The number of carbonyl (C=O) groups excluding carboxylic acids is 1. The number of carbonyl (C=O) groups is 1. The number of anilines is 1. The largest absolute Gasteiger partial charge is 0.494 e. The molecule has 6 nitrogen and oxygen atoms in total. The predicted molar refractivity (Wildman–Crippen MR) is 117 cm³/mol. The lowest BCUT2D eigenvalue weighted by molar-refractivity contribution is -0.120. The minimum atomic E-state index is -3.62. The molecule has 2 aromatic carbocycles. The van der Waals surface area contributed by atoms with E-state index < -0.39 is 10.0 Å². The monoisotopic (exact) mass is 418 g/mol. The molecule has 1 atom stereocenters. The maximum Gasteiger partial charge on any atom is 0.241 e. The van der Waals surface area contributed by atoms with Gasteiger partial charge < -0.3 is 10.1 Å². The number of nitrogens with zero attached hydrogens (tertiary/aromatic N) is 1. The number of benzene rings is 2. The Kier molecular flexibility index (Phi) is 8.08. The quantitative estimate of drug-likeness (QED) is 0.639. The van der Waals surface area contributed by atoms with E-state index in [2.05, 4.69) is 12.2 Å².